The molecule has 0 spiro atoms. The molecule has 0 saturated carbocycles. The van der Waals surface area contributed by atoms with E-state index in [1.807, 2.05) is 30.3 Å². The van der Waals surface area contributed by atoms with E-state index < -0.39 is 15.9 Å². The molecule has 0 aliphatic carbocycles. The number of benzene rings is 2. The molecule has 0 unspecified atom stereocenters. The van der Waals surface area contributed by atoms with Crippen LogP contribution in [-0.4, -0.2) is 50.0 Å². The summed E-state index contributed by atoms with van der Waals surface area (Å²) in [6.45, 7) is -0.240. The van der Waals surface area contributed by atoms with E-state index in [0.717, 1.165) is 9.87 Å². The van der Waals surface area contributed by atoms with Gasteiger partial charge in [-0.1, -0.05) is 36.4 Å². The number of pyridine rings is 1. The van der Waals surface area contributed by atoms with Crippen LogP contribution in [0, 0.1) is 0 Å². The van der Waals surface area contributed by atoms with Gasteiger partial charge in [0.25, 0.3) is 5.91 Å². The molecule has 0 radical (unpaired) electrons. The van der Waals surface area contributed by atoms with Crippen molar-refractivity contribution in [2.75, 3.05) is 20.2 Å². The molecule has 0 bridgehead atoms. The van der Waals surface area contributed by atoms with Gasteiger partial charge in [0.05, 0.1) is 30.5 Å². The van der Waals surface area contributed by atoms with Crippen molar-refractivity contribution in [3.05, 3.63) is 90.3 Å². The van der Waals surface area contributed by atoms with Gasteiger partial charge in [-0.15, -0.1) is 0 Å². The van der Waals surface area contributed by atoms with E-state index in [2.05, 4.69) is 15.5 Å². The number of sulfonamides is 1. The van der Waals surface area contributed by atoms with Gasteiger partial charge in [0.2, 0.25) is 10.0 Å². The average molecular weight is 453 g/mol. The lowest BCUT2D eigenvalue weighted by atomic mass is 10.1. The lowest BCUT2D eigenvalue weighted by Gasteiger charge is -2.21. The fraction of sp³-hybridized carbons (Fsp3) is 0.174. The summed E-state index contributed by atoms with van der Waals surface area (Å²) in [6, 6.07) is 20.8. The largest absolute Gasteiger partial charge is 0.497 e. The van der Waals surface area contributed by atoms with Crippen molar-refractivity contribution in [3.63, 3.8) is 0 Å². The highest BCUT2D eigenvalue weighted by molar-refractivity contribution is 7.89. The molecule has 1 heterocycles. The maximum Gasteiger partial charge on any atom is 0.255 e. The quantitative estimate of drug-likeness (QED) is 0.376. The highest BCUT2D eigenvalue weighted by Gasteiger charge is 2.26. The van der Waals surface area contributed by atoms with Crippen molar-refractivity contribution in [1.82, 2.24) is 14.7 Å². The van der Waals surface area contributed by atoms with Crippen molar-refractivity contribution >= 4 is 22.1 Å². The maximum atomic E-state index is 13.2. The number of carbonyl (C=O) groups excluding carboxylic acids is 1. The van der Waals surface area contributed by atoms with Crippen LogP contribution in [0.3, 0.4) is 0 Å². The Morgan fingerprint density at radius 1 is 1.06 bits per heavy atom. The zero-order valence-electron chi connectivity index (χ0n) is 17.6. The Morgan fingerprint density at radius 2 is 1.78 bits per heavy atom. The number of hydrogen-bond acceptors (Lipinski definition) is 6. The molecule has 0 saturated heterocycles. The Labute approximate surface area is 187 Å². The highest BCUT2D eigenvalue weighted by atomic mass is 32.2. The summed E-state index contributed by atoms with van der Waals surface area (Å²) in [5.74, 6) is -0.0104. The topological polar surface area (TPSA) is 101 Å². The zero-order chi connectivity index (χ0) is 22.8. The fourth-order valence-electron chi connectivity index (χ4n) is 2.90. The first-order valence-corrected chi connectivity index (χ1v) is 11.3. The zero-order valence-corrected chi connectivity index (χ0v) is 18.4. The first-order chi connectivity index (χ1) is 15.5. The third-order valence-electron chi connectivity index (χ3n) is 4.58. The monoisotopic (exact) mass is 452 g/mol. The minimum atomic E-state index is -3.92. The van der Waals surface area contributed by atoms with Crippen molar-refractivity contribution in [1.29, 1.82) is 0 Å². The third kappa shape index (κ3) is 6.47. The van der Waals surface area contributed by atoms with E-state index >= 15 is 0 Å². The predicted molar refractivity (Wildman–Crippen MR) is 122 cm³/mol. The van der Waals surface area contributed by atoms with Crippen LogP contribution in [0.2, 0.25) is 0 Å². The van der Waals surface area contributed by atoms with Gasteiger partial charge in [0.15, 0.2) is 0 Å². The van der Waals surface area contributed by atoms with Crippen LogP contribution < -0.4 is 10.2 Å². The van der Waals surface area contributed by atoms with Gasteiger partial charge in [-0.05, 0) is 48.4 Å². The van der Waals surface area contributed by atoms with E-state index in [0.29, 0.717) is 17.9 Å². The molecule has 1 N–H and O–H groups in total. The number of nitrogens with one attached hydrogen (secondary N) is 1. The van der Waals surface area contributed by atoms with Gasteiger partial charge in [0, 0.05) is 12.7 Å². The van der Waals surface area contributed by atoms with Gasteiger partial charge in [-0.25, -0.2) is 13.8 Å². The molecule has 8 nitrogen and oxygen atoms in total. The van der Waals surface area contributed by atoms with Crippen LogP contribution in [0.15, 0.2) is 89.0 Å². The predicted octanol–water partition coefficient (Wildman–Crippen LogP) is 2.47. The Balaban J connectivity index is 1.74. The number of methoxy groups -OCH3 is 1. The minimum Gasteiger partial charge on any atom is -0.497 e. The Hall–Kier alpha value is -3.56. The van der Waals surface area contributed by atoms with Crippen LogP contribution in [0.25, 0.3) is 0 Å². The summed E-state index contributed by atoms with van der Waals surface area (Å²) in [7, 11) is -2.41. The summed E-state index contributed by atoms with van der Waals surface area (Å²) in [5.41, 5.74) is 3.90. The molecular formula is C23H24N4O4S. The summed E-state index contributed by atoms with van der Waals surface area (Å²) in [6.07, 6.45) is 3.46. The lowest BCUT2D eigenvalue weighted by Crippen LogP contribution is -2.40. The second-order valence-corrected chi connectivity index (χ2v) is 8.74. The van der Waals surface area contributed by atoms with Crippen molar-refractivity contribution in [3.8, 4) is 5.75 Å². The van der Waals surface area contributed by atoms with Gasteiger partial charge in [-0.2, -0.15) is 9.41 Å². The molecule has 0 fully saturated rings. The molecule has 2 aromatic carbocycles. The molecule has 0 aliphatic heterocycles. The van der Waals surface area contributed by atoms with E-state index in [9.17, 15) is 13.2 Å². The number of carbonyl (C=O) groups is 1. The normalized spacial score (nSPS) is 11.6. The van der Waals surface area contributed by atoms with Crippen molar-refractivity contribution < 1.29 is 17.9 Å². The van der Waals surface area contributed by atoms with Crippen LogP contribution in [0.4, 0.5) is 0 Å². The minimum absolute atomic E-state index is 0.0798. The number of hydrogen-bond donors (Lipinski definition) is 1. The van der Waals surface area contributed by atoms with Crippen LogP contribution in [0.5, 0.6) is 5.75 Å². The van der Waals surface area contributed by atoms with E-state index in [4.69, 9.17) is 4.74 Å². The molecular weight excluding hydrogens is 428 g/mol. The molecule has 3 rings (SSSR count). The number of ether oxygens (including phenoxy) is 1. The van der Waals surface area contributed by atoms with E-state index in [1.165, 1.54) is 25.5 Å². The highest BCUT2D eigenvalue weighted by Crippen LogP contribution is 2.20. The summed E-state index contributed by atoms with van der Waals surface area (Å²) >= 11 is 0. The van der Waals surface area contributed by atoms with Crippen LogP contribution in [0.1, 0.15) is 11.3 Å². The van der Waals surface area contributed by atoms with Crippen LogP contribution in [-0.2, 0) is 21.2 Å². The number of hydrazone groups is 1. The average Bonchev–Trinajstić information content (AvgIpc) is 2.83. The van der Waals surface area contributed by atoms with E-state index in [1.54, 1.807) is 36.5 Å². The summed E-state index contributed by atoms with van der Waals surface area (Å²) in [5, 5.41) is 3.87. The third-order valence-corrected chi connectivity index (χ3v) is 6.44. The molecule has 166 valence electrons. The van der Waals surface area contributed by atoms with Gasteiger partial charge in [0.1, 0.15) is 5.75 Å². The fourth-order valence-corrected chi connectivity index (χ4v) is 4.29. The molecule has 0 aliphatic rings. The molecule has 9 heteroatoms. The number of amides is 1. The molecule has 1 aromatic heterocycles. The van der Waals surface area contributed by atoms with Gasteiger partial charge < -0.3 is 4.74 Å². The standard InChI is InChI=1S/C23H24N4O4S/c1-31-21-10-12-22(13-11-21)32(29,30)27(16-14-19-7-3-2-4-8-19)18-23(28)26-25-17-20-9-5-6-15-24-20/h2-13,15,17H,14,16,18H2,1H3,(H,26,28)/b25-17-. The first-order valence-electron chi connectivity index (χ1n) is 9.90. The van der Waals surface area contributed by atoms with Crippen molar-refractivity contribution in [2.45, 2.75) is 11.3 Å². The number of nitrogens with zero attached hydrogens (tertiary/aromatic N) is 3. The van der Waals surface area contributed by atoms with Crippen LogP contribution >= 0.6 is 0 Å². The number of aromatic nitrogens is 1. The SMILES string of the molecule is COc1ccc(S(=O)(=O)N(CCc2ccccc2)CC(=O)N/N=C\c2ccccn2)cc1. The lowest BCUT2D eigenvalue weighted by molar-refractivity contribution is -0.121. The van der Waals surface area contributed by atoms with Gasteiger partial charge >= 0.3 is 0 Å². The Kier molecular flexibility index (Phi) is 8.07. The second-order valence-electron chi connectivity index (χ2n) is 6.80. The molecule has 1 amide bonds. The summed E-state index contributed by atoms with van der Waals surface area (Å²) in [4.78, 5) is 16.6. The van der Waals surface area contributed by atoms with Crippen molar-refractivity contribution in [2.24, 2.45) is 5.10 Å². The summed E-state index contributed by atoms with van der Waals surface area (Å²) < 4.78 is 32.7. The smallest absolute Gasteiger partial charge is 0.255 e. The second kappa shape index (κ2) is 11.2. The van der Waals surface area contributed by atoms with Gasteiger partial charge in [-0.3, -0.25) is 9.78 Å². The number of rotatable bonds is 10. The Bertz CT molecular complexity index is 1140. The maximum absolute atomic E-state index is 13.2. The molecule has 3 aromatic rings. The molecule has 32 heavy (non-hydrogen) atoms. The van der Waals surface area contributed by atoms with E-state index in [-0.39, 0.29) is 18.0 Å². The molecule has 0 atom stereocenters. The first kappa shape index (κ1) is 23.1. The Morgan fingerprint density at radius 3 is 2.44 bits per heavy atom.